The summed E-state index contributed by atoms with van der Waals surface area (Å²) in [7, 11) is -6.55. The first-order chi connectivity index (χ1) is 12.6. The summed E-state index contributed by atoms with van der Waals surface area (Å²) in [5.41, 5.74) is 2.45. The molecular formula is C18H20N2O5S2. The molecule has 0 aromatic heterocycles. The molecule has 0 saturated heterocycles. The minimum atomic E-state index is -3.38. The number of hydrogen-bond acceptors (Lipinski definition) is 5. The number of sulfone groups is 2. The second-order valence-corrected chi connectivity index (χ2v) is 10.6. The second kappa shape index (κ2) is 6.97. The van der Waals surface area contributed by atoms with E-state index in [4.69, 9.17) is 0 Å². The van der Waals surface area contributed by atoms with Gasteiger partial charge in [0.25, 0.3) is 0 Å². The highest BCUT2D eigenvalue weighted by molar-refractivity contribution is 7.91. The van der Waals surface area contributed by atoms with E-state index in [-0.39, 0.29) is 17.2 Å². The molecule has 7 nitrogen and oxygen atoms in total. The molecule has 2 N–H and O–H groups in total. The fourth-order valence-electron chi connectivity index (χ4n) is 3.10. The summed E-state index contributed by atoms with van der Waals surface area (Å²) in [5.74, 6) is 0.121. The lowest BCUT2D eigenvalue weighted by Gasteiger charge is -2.12. The van der Waals surface area contributed by atoms with Crippen molar-refractivity contribution >= 4 is 31.4 Å². The van der Waals surface area contributed by atoms with Crippen LogP contribution in [0, 0.1) is 6.92 Å². The molecule has 144 valence electrons. The number of nitrogens with one attached hydrogen (secondary N) is 2. The van der Waals surface area contributed by atoms with E-state index >= 15 is 0 Å². The first-order valence-corrected chi connectivity index (χ1v) is 11.8. The molecule has 2 aromatic carbocycles. The van der Waals surface area contributed by atoms with Crippen molar-refractivity contribution in [1.82, 2.24) is 5.32 Å². The van der Waals surface area contributed by atoms with E-state index in [1.54, 1.807) is 37.3 Å². The monoisotopic (exact) mass is 408 g/mol. The number of urea groups is 1. The van der Waals surface area contributed by atoms with Crippen LogP contribution < -0.4 is 10.6 Å². The van der Waals surface area contributed by atoms with Gasteiger partial charge >= 0.3 is 6.03 Å². The largest absolute Gasteiger partial charge is 0.334 e. The minimum absolute atomic E-state index is 0.121. The molecule has 0 radical (unpaired) electrons. The smallest absolute Gasteiger partial charge is 0.319 e. The molecule has 3 rings (SSSR count). The maximum atomic E-state index is 12.2. The summed E-state index contributed by atoms with van der Waals surface area (Å²) in [4.78, 5) is 12.7. The molecule has 0 spiro atoms. The summed E-state index contributed by atoms with van der Waals surface area (Å²) >= 11 is 0. The summed E-state index contributed by atoms with van der Waals surface area (Å²) < 4.78 is 47.2. The van der Waals surface area contributed by atoms with Gasteiger partial charge in [0.1, 0.15) is 0 Å². The number of benzene rings is 2. The Hall–Kier alpha value is -2.39. The van der Waals surface area contributed by atoms with Crippen molar-refractivity contribution in [2.45, 2.75) is 29.7 Å². The third-order valence-electron chi connectivity index (χ3n) is 4.48. The second-order valence-electron chi connectivity index (χ2n) is 6.52. The van der Waals surface area contributed by atoms with Gasteiger partial charge in [-0.2, -0.15) is 0 Å². The summed E-state index contributed by atoms with van der Waals surface area (Å²) in [6, 6.07) is 9.26. The zero-order valence-corrected chi connectivity index (χ0v) is 16.6. The van der Waals surface area contributed by atoms with E-state index in [1.165, 1.54) is 6.07 Å². The predicted molar refractivity (Wildman–Crippen MR) is 102 cm³/mol. The molecule has 2 aromatic rings. The summed E-state index contributed by atoms with van der Waals surface area (Å²) in [6.45, 7) is 1.86. The standard InChI is InChI=1S/C18H20N2O5S2/c1-12-15(4-3-5-16(12)26(2,22)23)20-18(21)19-11-13-6-7-17-14(10-13)8-9-27(17,24)25/h3-7,10H,8-9,11H2,1-2H3,(H2,19,20,21). The number of carbonyl (C=O) groups is 1. The molecule has 0 aliphatic carbocycles. The predicted octanol–water partition coefficient (Wildman–Crippen LogP) is 2.05. The van der Waals surface area contributed by atoms with Crippen LogP contribution in [0.1, 0.15) is 16.7 Å². The molecule has 2 amide bonds. The number of amides is 2. The molecule has 9 heteroatoms. The topological polar surface area (TPSA) is 109 Å². The quantitative estimate of drug-likeness (QED) is 0.805. The van der Waals surface area contributed by atoms with Gasteiger partial charge in [0.2, 0.25) is 0 Å². The van der Waals surface area contributed by atoms with Gasteiger partial charge in [-0.25, -0.2) is 21.6 Å². The van der Waals surface area contributed by atoms with Gasteiger partial charge in [0.05, 0.1) is 15.5 Å². The van der Waals surface area contributed by atoms with Crippen LogP contribution in [0.15, 0.2) is 46.2 Å². The molecule has 0 bridgehead atoms. The Kier molecular flexibility index (Phi) is 5.00. The third kappa shape index (κ3) is 4.14. The molecule has 0 unspecified atom stereocenters. The lowest BCUT2D eigenvalue weighted by atomic mass is 10.1. The van der Waals surface area contributed by atoms with Gasteiger partial charge in [0, 0.05) is 18.5 Å². The van der Waals surface area contributed by atoms with Crippen LogP contribution in [0.4, 0.5) is 10.5 Å². The maximum Gasteiger partial charge on any atom is 0.319 e. The van der Waals surface area contributed by atoms with E-state index in [9.17, 15) is 21.6 Å². The van der Waals surface area contributed by atoms with Crippen LogP contribution >= 0.6 is 0 Å². The van der Waals surface area contributed by atoms with Crippen molar-refractivity contribution in [3.05, 3.63) is 53.1 Å². The number of aryl methyl sites for hydroxylation is 1. The lowest BCUT2D eigenvalue weighted by Crippen LogP contribution is -2.28. The Morgan fingerprint density at radius 3 is 2.63 bits per heavy atom. The number of anilines is 1. The Labute approximate surface area is 158 Å². The van der Waals surface area contributed by atoms with Crippen molar-refractivity contribution in [2.24, 2.45) is 0 Å². The van der Waals surface area contributed by atoms with Crippen molar-refractivity contribution in [1.29, 1.82) is 0 Å². The van der Waals surface area contributed by atoms with Gasteiger partial charge < -0.3 is 10.6 Å². The highest BCUT2D eigenvalue weighted by Gasteiger charge is 2.25. The first-order valence-electron chi connectivity index (χ1n) is 8.27. The van der Waals surface area contributed by atoms with E-state index in [0.717, 1.165) is 17.4 Å². The first kappa shape index (κ1) is 19.4. The van der Waals surface area contributed by atoms with E-state index < -0.39 is 25.7 Å². The zero-order chi connectivity index (χ0) is 19.8. The summed E-state index contributed by atoms with van der Waals surface area (Å²) in [6.07, 6.45) is 1.60. The normalized spacial score (nSPS) is 15.2. The zero-order valence-electron chi connectivity index (χ0n) is 14.9. The van der Waals surface area contributed by atoms with Crippen molar-refractivity contribution in [3.63, 3.8) is 0 Å². The van der Waals surface area contributed by atoms with Crippen LogP contribution in [0.3, 0.4) is 0 Å². The van der Waals surface area contributed by atoms with E-state index in [0.29, 0.717) is 22.6 Å². The third-order valence-corrected chi connectivity index (χ3v) is 7.54. The van der Waals surface area contributed by atoms with Crippen LogP contribution in [0.25, 0.3) is 0 Å². The van der Waals surface area contributed by atoms with Gasteiger partial charge in [0.15, 0.2) is 19.7 Å². The molecule has 1 aliphatic rings. The molecule has 1 heterocycles. The molecule has 0 fully saturated rings. The Balaban J connectivity index is 1.68. The lowest BCUT2D eigenvalue weighted by molar-refractivity contribution is 0.251. The molecule has 1 aliphatic heterocycles. The highest BCUT2D eigenvalue weighted by Crippen LogP contribution is 2.26. The van der Waals surface area contributed by atoms with E-state index in [2.05, 4.69) is 10.6 Å². The SMILES string of the molecule is Cc1c(NC(=O)NCc2ccc3c(c2)CCS3(=O)=O)cccc1S(C)(=O)=O. The average molecular weight is 409 g/mol. The van der Waals surface area contributed by atoms with Gasteiger partial charge in [-0.05, 0) is 48.2 Å². The molecule has 0 atom stereocenters. The number of fused-ring (bicyclic) bond motifs is 1. The van der Waals surface area contributed by atoms with Crippen molar-refractivity contribution in [3.8, 4) is 0 Å². The van der Waals surface area contributed by atoms with Crippen LogP contribution in [0.2, 0.25) is 0 Å². The fraction of sp³-hybridized carbons (Fsp3) is 0.278. The van der Waals surface area contributed by atoms with Crippen molar-refractivity contribution in [2.75, 3.05) is 17.3 Å². The van der Waals surface area contributed by atoms with Crippen LogP contribution in [0.5, 0.6) is 0 Å². The fourth-order valence-corrected chi connectivity index (χ4v) is 5.63. The molecule has 0 saturated carbocycles. The molecule has 27 heavy (non-hydrogen) atoms. The van der Waals surface area contributed by atoms with Crippen molar-refractivity contribution < 1.29 is 21.6 Å². The number of carbonyl (C=O) groups excluding carboxylic acids is 1. The van der Waals surface area contributed by atoms with Gasteiger partial charge in [-0.3, -0.25) is 0 Å². The van der Waals surface area contributed by atoms with Crippen LogP contribution in [-0.2, 0) is 32.6 Å². The molecular weight excluding hydrogens is 388 g/mol. The maximum absolute atomic E-state index is 12.2. The Morgan fingerprint density at radius 2 is 1.93 bits per heavy atom. The van der Waals surface area contributed by atoms with Gasteiger partial charge in [-0.1, -0.05) is 18.2 Å². The summed E-state index contributed by atoms with van der Waals surface area (Å²) in [5, 5.41) is 5.34. The Morgan fingerprint density at radius 1 is 1.19 bits per heavy atom. The minimum Gasteiger partial charge on any atom is -0.334 e. The number of hydrogen-bond donors (Lipinski definition) is 2. The highest BCUT2D eigenvalue weighted by atomic mass is 32.2. The van der Waals surface area contributed by atoms with Crippen LogP contribution in [-0.4, -0.2) is 34.9 Å². The average Bonchev–Trinajstić information content (AvgIpc) is 2.88. The number of rotatable bonds is 4. The Bertz CT molecular complexity index is 1120. The van der Waals surface area contributed by atoms with Gasteiger partial charge in [-0.15, -0.1) is 0 Å². The van der Waals surface area contributed by atoms with E-state index in [1.807, 2.05) is 0 Å².